The molecular formula is C9H6ClFO2. The third kappa shape index (κ3) is 1.52. The van der Waals surface area contributed by atoms with E-state index in [9.17, 15) is 9.18 Å². The highest BCUT2D eigenvalue weighted by Gasteiger charge is 2.27. The molecule has 0 aliphatic carbocycles. The molecule has 1 aliphatic rings. The Morgan fingerprint density at radius 2 is 2.31 bits per heavy atom. The Kier molecular flexibility index (Phi) is 1.96. The molecule has 1 aromatic rings. The normalized spacial score (nSPS) is 20.8. The van der Waals surface area contributed by atoms with Gasteiger partial charge in [-0.1, -0.05) is 11.6 Å². The molecule has 1 aliphatic heterocycles. The van der Waals surface area contributed by atoms with E-state index in [2.05, 4.69) is 0 Å². The minimum absolute atomic E-state index is 0.0503. The van der Waals surface area contributed by atoms with Crippen LogP contribution in [0.5, 0.6) is 5.75 Å². The van der Waals surface area contributed by atoms with E-state index in [4.69, 9.17) is 16.3 Å². The van der Waals surface area contributed by atoms with Crippen molar-refractivity contribution in [3.05, 3.63) is 28.8 Å². The second kappa shape index (κ2) is 3.00. The van der Waals surface area contributed by atoms with Crippen molar-refractivity contribution >= 4 is 17.6 Å². The van der Waals surface area contributed by atoms with Crippen LogP contribution in [0, 0.1) is 0 Å². The maximum absolute atomic E-state index is 12.9. The summed E-state index contributed by atoms with van der Waals surface area (Å²) in [6, 6.07) is 4.78. The lowest BCUT2D eigenvalue weighted by Crippen LogP contribution is -2.28. The lowest BCUT2D eigenvalue weighted by atomic mass is 10.1. The fourth-order valence-corrected chi connectivity index (χ4v) is 1.45. The number of halogens is 2. The van der Waals surface area contributed by atoms with Crippen LogP contribution in [0.25, 0.3) is 0 Å². The fourth-order valence-electron chi connectivity index (χ4n) is 1.26. The Bertz CT molecular complexity index is 365. The van der Waals surface area contributed by atoms with E-state index in [0.717, 1.165) is 0 Å². The molecule has 1 atom stereocenters. The Morgan fingerprint density at radius 3 is 3.08 bits per heavy atom. The summed E-state index contributed by atoms with van der Waals surface area (Å²) in [6.45, 7) is 0. The number of rotatable bonds is 0. The van der Waals surface area contributed by atoms with Crippen LogP contribution in [0.15, 0.2) is 18.2 Å². The van der Waals surface area contributed by atoms with Crippen molar-refractivity contribution in [1.29, 1.82) is 0 Å². The van der Waals surface area contributed by atoms with Gasteiger partial charge in [0.05, 0.1) is 0 Å². The molecule has 0 amide bonds. The van der Waals surface area contributed by atoms with Gasteiger partial charge in [0.25, 0.3) is 0 Å². The maximum atomic E-state index is 12.9. The SMILES string of the molecule is O=C1Oc2ccc(Cl)cc2C[C@@H]1F. The molecule has 0 unspecified atom stereocenters. The number of ether oxygens (including phenoxy) is 1. The molecule has 0 N–H and O–H groups in total. The van der Waals surface area contributed by atoms with Gasteiger partial charge in [-0.15, -0.1) is 0 Å². The lowest BCUT2D eigenvalue weighted by molar-refractivity contribution is -0.141. The summed E-state index contributed by atoms with van der Waals surface area (Å²) in [5, 5.41) is 0.517. The van der Waals surface area contributed by atoms with Crippen LogP contribution in [0.1, 0.15) is 5.56 Å². The van der Waals surface area contributed by atoms with E-state index in [1.807, 2.05) is 0 Å². The van der Waals surface area contributed by atoms with E-state index < -0.39 is 12.1 Å². The zero-order valence-corrected chi connectivity index (χ0v) is 7.34. The van der Waals surface area contributed by atoms with Crippen molar-refractivity contribution in [3.8, 4) is 5.75 Å². The Balaban J connectivity index is 2.42. The minimum Gasteiger partial charge on any atom is -0.424 e. The van der Waals surface area contributed by atoms with E-state index >= 15 is 0 Å². The summed E-state index contributed by atoms with van der Waals surface area (Å²) < 4.78 is 17.6. The second-order valence-corrected chi connectivity index (χ2v) is 3.28. The molecule has 1 aromatic carbocycles. The van der Waals surface area contributed by atoms with Gasteiger partial charge in [-0.05, 0) is 23.8 Å². The first-order valence-electron chi connectivity index (χ1n) is 3.81. The van der Waals surface area contributed by atoms with Crippen LogP contribution < -0.4 is 4.74 Å². The van der Waals surface area contributed by atoms with E-state index in [-0.39, 0.29) is 6.42 Å². The number of hydrogen-bond donors (Lipinski definition) is 0. The molecule has 13 heavy (non-hydrogen) atoms. The van der Waals surface area contributed by atoms with Gasteiger partial charge < -0.3 is 4.74 Å². The van der Waals surface area contributed by atoms with E-state index in [0.29, 0.717) is 16.3 Å². The van der Waals surface area contributed by atoms with Crippen LogP contribution in [0.3, 0.4) is 0 Å². The maximum Gasteiger partial charge on any atom is 0.346 e. The van der Waals surface area contributed by atoms with Crippen LogP contribution in [-0.2, 0) is 11.2 Å². The summed E-state index contributed by atoms with van der Waals surface area (Å²) in [5.74, 6) is -0.418. The van der Waals surface area contributed by atoms with Gasteiger partial charge in [-0.25, -0.2) is 9.18 Å². The van der Waals surface area contributed by atoms with Crippen LogP contribution in [-0.4, -0.2) is 12.1 Å². The summed E-state index contributed by atoms with van der Waals surface area (Å²) in [5.41, 5.74) is 0.639. The number of esters is 1. The zero-order valence-electron chi connectivity index (χ0n) is 6.59. The van der Waals surface area contributed by atoms with Crippen molar-refractivity contribution in [2.75, 3.05) is 0 Å². The average Bonchev–Trinajstić information content (AvgIpc) is 2.08. The number of carbonyl (C=O) groups is 1. The van der Waals surface area contributed by atoms with Gasteiger partial charge >= 0.3 is 5.97 Å². The molecule has 2 nitrogen and oxygen atoms in total. The van der Waals surface area contributed by atoms with E-state index in [1.54, 1.807) is 18.2 Å². The van der Waals surface area contributed by atoms with Crippen molar-refractivity contribution in [2.24, 2.45) is 0 Å². The van der Waals surface area contributed by atoms with Crippen molar-refractivity contribution in [1.82, 2.24) is 0 Å². The van der Waals surface area contributed by atoms with Crippen molar-refractivity contribution in [3.63, 3.8) is 0 Å². The number of alkyl halides is 1. The predicted molar refractivity (Wildman–Crippen MR) is 45.7 cm³/mol. The van der Waals surface area contributed by atoms with Gasteiger partial charge in [0.2, 0.25) is 6.17 Å². The number of benzene rings is 1. The van der Waals surface area contributed by atoms with Crippen molar-refractivity contribution < 1.29 is 13.9 Å². The smallest absolute Gasteiger partial charge is 0.346 e. The van der Waals surface area contributed by atoms with Gasteiger partial charge in [0.15, 0.2) is 0 Å². The average molecular weight is 201 g/mol. The summed E-state index contributed by atoms with van der Waals surface area (Å²) >= 11 is 5.70. The molecule has 2 rings (SSSR count). The van der Waals surface area contributed by atoms with Gasteiger partial charge in [0, 0.05) is 11.4 Å². The minimum atomic E-state index is -1.56. The van der Waals surface area contributed by atoms with Crippen molar-refractivity contribution in [2.45, 2.75) is 12.6 Å². The van der Waals surface area contributed by atoms with Crippen LogP contribution >= 0.6 is 11.6 Å². The Labute approximate surface area is 79.3 Å². The molecule has 4 heteroatoms. The number of hydrogen-bond acceptors (Lipinski definition) is 2. The zero-order chi connectivity index (χ0) is 9.42. The highest BCUT2D eigenvalue weighted by Crippen LogP contribution is 2.28. The molecule has 1 heterocycles. The van der Waals surface area contributed by atoms with E-state index in [1.165, 1.54) is 0 Å². The standard InChI is InChI=1S/C9H6ClFO2/c10-6-1-2-8-5(3-6)4-7(11)9(12)13-8/h1-3,7H,4H2/t7-/m0/s1. The topological polar surface area (TPSA) is 26.3 Å². The first-order valence-corrected chi connectivity index (χ1v) is 4.19. The molecule has 0 radical (unpaired) electrons. The fraction of sp³-hybridized carbons (Fsp3) is 0.222. The Hall–Kier alpha value is -1.09. The monoisotopic (exact) mass is 200 g/mol. The van der Waals surface area contributed by atoms with Gasteiger partial charge in [0.1, 0.15) is 5.75 Å². The summed E-state index contributed by atoms with van der Waals surface area (Å²) in [4.78, 5) is 10.8. The predicted octanol–water partition coefficient (Wildman–Crippen LogP) is 2.14. The number of carbonyl (C=O) groups excluding carboxylic acids is 1. The molecule has 0 saturated heterocycles. The Morgan fingerprint density at radius 1 is 1.54 bits per heavy atom. The third-order valence-electron chi connectivity index (χ3n) is 1.89. The summed E-state index contributed by atoms with van der Waals surface area (Å²) in [7, 11) is 0. The second-order valence-electron chi connectivity index (χ2n) is 2.84. The first kappa shape index (κ1) is 8.51. The third-order valence-corrected chi connectivity index (χ3v) is 2.12. The quantitative estimate of drug-likeness (QED) is 0.474. The molecule has 68 valence electrons. The summed E-state index contributed by atoms with van der Waals surface area (Å²) in [6.07, 6.45) is -1.51. The molecule has 0 aromatic heterocycles. The molecule has 0 spiro atoms. The lowest BCUT2D eigenvalue weighted by Gasteiger charge is -2.17. The van der Waals surface area contributed by atoms with Crippen LogP contribution in [0.4, 0.5) is 4.39 Å². The molecule has 0 fully saturated rings. The molecular weight excluding hydrogens is 195 g/mol. The number of fused-ring (bicyclic) bond motifs is 1. The van der Waals surface area contributed by atoms with Gasteiger partial charge in [-0.3, -0.25) is 0 Å². The highest BCUT2D eigenvalue weighted by atomic mass is 35.5. The highest BCUT2D eigenvalue weighted by molar-refractivity contribution is 6.30. The van der Waals surface area contributed by atoms with Crippen LogP contribution in [0.2, 0.25) is 5.02 Å². The molecule has 0 bridgehead atoms. The van der Waals surface area contributed by atoms with Gasteiger partial charge in [-0.2, -0.15) is 0 Å². The molecule has 0 saturated carbocycles. The first-order chi connectivity index (χ1) is 6.16. The largest absolute Gasteiger partial charge is 0.424 e.